The fourth-order valence-electron chi connectivity index (χ4n) is 4.05. The largest absolute Gasteiger partial charge is 0.472 e. The molecule has 8 nitrogen and oxygen atoms in total. The van der Waals surface area contributed by atoms with Crippen LogP contribution < -0.4 is 0 Å². The third kappa shape index (κ3) is 31.5. The van der Waals surface area contributed by atoms with Gasteiger partial charge >= 0.3 is 19.8 Å². The summed E-state index contributed by atoms with van der Waals surface area (Å²) in [5.41, 5.74) is 0. The maximum atomic E-state index is 12.4. The molecule has 0 rings (SSSR count). The molecule has 9 heteroatoms. The SMILES string of the molecule is CC/C=C\C/C=C\C/C=C\C/C=C\C/C=C\CCCC(=O)OC(COC(=O)CCCCCCC/C=C\CCC)COP(=O)(O)OC. The highest BCUT2D eigenvalue weighted by Crippen LogP contribution is 2.42. The average molecular weight is 665 g/mol. The summed E-state index contributed by atoms with van der Waals surface area (Å²) in [5.74, 6) is -0.896. The topological polar surface area (TPSA) is 108 Å². The van der Waals surface area contributed by atoms with Crippen molar-refractivity contribution in [1.29, 1.82) is 0 Å². The first kappa shape index (κ1) is 43.5. The first-order chi connectivity index (χ1) is 22.3. The molecule has 2 unspecified atom stereocenters. The van der Waals surface area contributed by atoms with E-state index in [1.807, 2.05) is 6.08 Å². The van der Waals surface area contributed by atoms with E-state index >= 15 is 0 Å². The fourth-order valence-corrected chi connectivity index (χ4v) is 4.51. The molecule has 0 saturated heterocycles. The highest BCUT2D eigenvalue weighted by atomic mass is 31.2. The molecule has 262 valence electrons. The van der Waals surface area contributed by atoms with E-state index in [0.717, 1.165) is 84.2 Å². The van der Waals surface area contributed by atoms with Gasteiger partial charge in [-0.2, -0.15) is 0 Å². The van der Waals surface area contributed by atoms with Crippen molar-refractivity contribution in [2.24, 2.45) is 0 Å². The van der Waals surface area contributed by atoms with Gasteiger partial charge in [0.2, 0.25) is 0 Å². The predicted molar refractivity (Wildman–Crippen MR) is 188 cm³/mol. The van der Waals surface area contributed by atoms with E-state index in [1.54, 1.807) is 0 Å². The van der Waals surface area contributed by atoms with Crippen molar-refractivity contribution in [2.75, 3.05) is 20.3 Å². The lowest BCUT2D eigenvalue weighted by Crippen LogP contribution is -2.29. The van der Waals surface area contributed by atoms with E-state index in [9.17, 15) is 19.0 Å². The molecule has 0 aromatic carbocycles. The van der Waals surface area contributed by atoms with Crippen LogP contribution in [-0.4, -0.2) is 43.3 Å². The van der Waals surface area contributed by atoms with E-state index < -0.39 is 32.5 Å². The Balaban J connectivity index is 4.25. The number of ether oxygens (including phenoxy) is 2. The molecule has 0 spiro atoms. The van der Waals surface area contributed by atoms with Gasteiger partial charge in [0.15, 0.2) is 6.10 Å². The molecule has 0 bridgehead atoms. The van der Waals surface area contributed by atoms with E-state index in [0.29, 0.717) is 12.8 Å². The first-order valence-electron chi connectivity index (χ1n) is 17.1. The van der Waals surface area contributed by atoms with Gasteiger partial charge in [0.1, 0.15) is 6.61 Å². The van der Waals surface area contributed by atoms with Crippen molar-refractivity contribution in [1.82, 2.24) is 0 Å². The molecular formula is C37H61O8P. The number of esters is 2. The highest BCUT2D eigenvalue weighted by molar-refractivity contribution is 7.47. The third-order valence-electron chi connectivity index (χ3n) is 6.67. The molecule has 0 heterocycles. The molecule has 46 heavy (non-hydrogen) atoms. The number of unbranched alkanes of at least 4 members (excludes halogenated alkanes) is 7. The number of phosphoric ester groups is 1. The Morgan fingerprint density at radius 3 is 1.74 bits per heavy atom. The number of hydrogen-bond donors (Lipinski definition) is 1. The van der Waals surface area contributed by atoms with Gasteiger partial charge in [-0.25, -0.2) is 4.57 Å². The zero-order valence-electron chi connectivity index (χ0n) is 28.7. The average Bonchev–Trinajstić information content (AvgIpc) is 3.04. The van der Waals surface area contributed by atoms with Crippen LogP contribution in [0.25, 0.3) is 0 Å². The lowest BCUT2D eigenvalue weighted by molar-refractivity contribution is -0.161. The Morgan fingerprint density at radius 1 is 0.630 bits per heavy atom. The van der Waals surface area contributed by atoms with Gasteiger partial charge in [-0.15, -0.1) is 0 Å². The van der Waals surface area contributed by atoms with Crippen molar-refractivity contribution in [2.45, 2.75) is 129 Å². The number of rotatable bonds is 30. The second-order valence-corrected chi connectivity index (χ2v) is 12.5. The molecule has 0 radical (unpaired) electrons. The van der Waals surface area contributed by atoms with E-state index in [4.69, 9.17) is 14.0 Å². The number of phosphoric acid groups is 1. The van der Waals surface area contributed by atoms with Crippen LogP contribution in [0.2, 0.25) is 0 Å². The van der Waals surface area contributed by atoms with Crippen LogP contribution >= 0.6 is 7.82 Å². The van der Waals surface area contributed by atoms with Crippen molar-refractivity contribution in [3.05, 3.63) is 72.9 Å². The molecule has 0 saturated carbocycles. The van der Waals surface area contributed by atoms with E-state index in [1.165, 1.54) is 6.42 Å². The highest BCUT2D eigenvalue weighted by Gasteiger charge is 2.24. The Kier molecular flexibility index (Phi) is 30.7. The molecule has 0 aliphatic carbocycles. The number of carbonyl (C=O) groups is 2. The normalized spacial score (nSPS) is 14.4. The van der Waals surface area contributed by atoms with Gasteiger partial charge in [0, 0.05) is 20.0 Å². The lowest BCUT2D eigenvalue weighted by Gasteiger charge is -2.19. The van der Waals surface area contributed by atoms with Crippen molar-refractivity contribution >= 4 is 19.8 Å². The van der Waals surface area contributed by atoms with Crippen LogP contribution in [0.15, 0.2) is 72.9 Å². The van der Waals surface area contributed by atoms with E-state index in [-0.39, 0.29) is 19.4 Å². The van der Waals surface area contributed by atoms with Crippen LogP contribution in [0.5, 0.6) is 0 Å². The van der Waals surface area contributed by atoms with Crippen molar-refractivity contribution in [3.8, 4) is 0 Å². The number of hydrogen-bond acceptors (Lipinski definition) is 7. The summed E-state index contributed by atoms with van der Waals surface area (Å²) in [6, 6.07) is 0. The molecule has 0 aliphatic heterocycles. The zero-order valence-corrected chi connectivity index (χ0v) is 29.6. The Labute approximate surface area is 279 Å². The second-order valence-electron chi connectivity index (χ2n) is 10.9. The predicted octanol–water partition coefficient (Wildman–Crippen LogP) is 10.2. The Bertz CT molecular complexity index is 980. The maximum absolute atomic E-state index is 12.4. The fraction of sp³-hybridized carbons (Fsp3) is 0.622. The molecule has 0 aromatic rings. The molecular weight excluding hydrogens is 603 g/mol. The summed E-state index contributed by atoms with van der Waals surface area (Å²) < 4.78 is 31.7. The Morgan fingerprint density at radius 2 is 1.13 bits per heavy atom. The van der Waals surface area contributed by atoms with Crippen LogP contribution in [0.3, 0.4) is 0 Å². The maximum Gasteiger partial charge on any atom is 0.472 e. The molecule has 0 aliphatic rings. The summed E-state index contributed by atoms with van der Waals surface area (Å²) in [6.07, 6.45) is 39.7. The van der Waals surface area contributed by atoms with Crippen LogP contribution in [-0.2, 0) is 32.7 Å². The first-order valence-corrected chi connectivity index (χ1v) is 18.6. The van der Waals surface area contributed by atoms with Crippen molar-refractivity contribution < 1.29 is 37.6 Å². The molecule has 2 atom stereocenters. The summed E-state index contributed by atoms with van der Waals surface area (Å²) >= 11 is 0. The lowest BCUT2D eigenvalue weighted by atomic mass is 10.1. The summed E-state index contributed by atoms with van der Waals surface area (Å²) in [5, 5.41) is 0. The van der Waals surface area contributed by atoms with Gasteiger partial charge in [-0.3, -0.25) is 18.6 Å². The minimum Gasteiger partial charge on any atom is -0.462 e. The van der Waals surface area contributed by atoms with E-state index in [2.05, 4.69) is 85.2 Å². The molecule has 0 aromatic heterocycles. The minimum atomic E-state index is -4.27. The molecule has 1 N–H and O–H groups in total. The standard InChI is InChI=1S/C37H61O8P/c1-4-6-8-10-12-14-16-17-18-19-20-21-22-24-26-28-30-32-37(39)45-35(34-44-46(40,41)42-3)33-43-36(38)31-29-27-25-23-15-13-11-9-7-5-2/h6,8-9,11-12,14,17-18,20-21,24,26,35H,4-5,7,10,13,15-16,19,22-23,25,27-34H2,1-3H3,(H,40,41)/b8-6-,11-9-,14-12-,18-17-,21-20-,26-24-. The van der Waals surface area contributed by atoms with Gasteiger partial charge in [0.05, 0.1) is 6.61 Å². The Hall–Kier alpha value is -2.51. The summed E-state index contributed by atoms with van der Waals surface area (Å²) in [6.45, 7) is 3.62. The smallest absolute Gasteiger partial charge is 0.462 e. The van der Waals surface area contributed by atoms with Crippen LogP contribution in [0.4, 0.5) is 0 Å². The summed E-state index contributed by atoms with van der Waals surface area (Å²) in [7, 11) is -3.23. The quantitative estimate of drug-likeness (QED) is 0.0350. The van der Waals surface area contributed by atoms with Crippen molar-refractivity contribution in [3.63, 3.8) is 0 Å². The monoisotopic (exact) mass is 664 g/mol. The van der Waals surface area contributed by atoms with Gasteiger partial charge in [-0.1, -0.05) is 112 Å². The van der Waals surface area contributed by atoms with Crippen LogP contribution in [0, 0.1) is 0 Å². The van der Waals surface area contributed by atoms with Gasteiger partial charge in [-0.05, 0) is 70.6 Å². The summed E-state index contributed by atoms with van der Waals surface area (Å²) in [4.78, 5) is 34.1. The zero-order chi connectivity index (χ0) is 34.0. The molecule has 0 amide bonds. The van der Waals surface area contributed by atoms with Crippen LogP contribution in [0.1, 0.15) is 123 Å². The molecule has 0 fully saturated rings. The second kappa shape index (κ2) is 32.4. The van der Waals surface area contributed by atoms with Gasteiger partial charge in [0.25, 0.3) is 0 Å². The van der Waals surface area contributed by atoms with Gasteiger partial charge < -0.3 is 14.4 Å². The number of carbonyl (C=O) groups excluding carboxylic acids is 2. The minimum absolute atomic E-state index is 0.161. The number of allylic oxidation sites excluding steroid dienone is 12. The third-order valence-corrected chi connectivity index (χ3v) is 7.60.